The molecule has 1 N–H and O–H groups in total. The SMILES string of the molecule is Cc1ccc(Cl)cc1NC(=O)CN1CCN(Cc2ccccc2)CC1. The standard InChI is InChI=1S/C20H24ClN3O/c1-16-7-8-18(21)13-19(16)22-20(25)15-24-11-9-23(10-12-24)14-17-5-3-2-4-6-17/h2-8,13H,9-12,14-15H2,1H3,(H,22,25). The lowest BCUT2D eigenvalue weighted by Crippen LogP contribution is -2.48. The van der Waals surface area contributed by atoms with Crippen LogP contribution in [0.5, 0.6) is 0 Å². The predicted octanol–water partition coefficient (Wildman–Crippen LogP) is 3.40. The fourth-order valence-electron chi connectivity index (χ4n) is 3.07. The highest BCUT2D eigenvalue weighted by molar-refractivity contribution is 6.31. The third-order valence-corrected chi connectivity index (χ3v) is 4.79. The van der Waals surface area contributed by atoms with Gasteiger partial charge in [0.25, 0.3) is 0 Å². The first-order chi connectivity index (χ1) is 12.1. The van der Waals surface area contributed by atoms with E-state index < -0.39 is 0 Å². The van der Waals surface area contributed by atoms with Crippen molar-refractivity contribution in [2.45, 2.75) is 13.5 Å². The summed E-state index contributed by atoms with van der Waals surface area (Å²) in [7, 11) is 0. The van der Waals surface area contributed by atoms with Crippen LogP contribution in [0.3, 0.4) is 0 Å². The van der Waals surface area contributed by atoms with Crippen LogP contribution in [0.1, 0.15) is 11.1 Å². The van der Waals surface area contributed by atoms with E-state index in [0.717, 1.165) is 44.0 Å². The molecule has 1 saturated heterocycles. The fourth-order valence-corrected chi connectivity index (χ4v) is 3.24. The van der Waals surface area contributed by atoms with Gasteiger partial charge in [0.15, 0.2) is 0 Å². The van der Waals surface area contributed by atoms with Gasteiger partial charge in [0, 0.05) is 43.4 Å². The van der Waals surface area contributed by atoms with Crippen LogP contribution in [0.25, 0.3) is 0 Å². The summed E-state index contributed by atoms with van der Waals surface area (Å²) in [6, 6.07) is 16.1. The van der Waals surface area contributed by atoms with Crippen LogP contribution in [-0.2, 0) is 11.3 Å². The van der Waals surface area contributed by atoms with Crippen LogP contribution in [0.4, 0.5) is 5.69 Å². The van der Waals surface area contributed by atoms with E-state index in [0.29, 0.717) is 11.6 Å². The molecule has 4 nitrogen and oxygen atoms in total. The summed E-state index contributed by atoms with van der Waals surface area (Å²) in [5, 5.41) is 3.61. The molecule has 132 valence electrons. The van der Waals surface area contributed by atoms with E-state index in [1.165, 1.54) is 5.56 Å². The van der Waals surface area contributed by atoms with E-state index in [1.807, 2.05) is 25.1 Å². The Balaban J connectivity index is 1.45. The second-order valence-corrected chi connectivity index (χ2v) is 6.98. The van der Waals surface area contributed by atoms with E-state index >= 15 is 0 Å². The van der Waals surface area contributed by atoms with Gasteiger partial charge in [0.1, 0.15) is 0 Å². The minimum Gasteiger partial charge on any atom is -0.325 e. The summed E-state index contributed by atoms with van der Waals surface area (Å²) >= 11 is 6.01. The highest BCUT2D eigenvalue weighted by Gasteiger charge is 2.19. The average Bonchev–Trinajstić information content (AvgIpc) is 2.61. The molecular formula is C20H24ClN3O. The summed E-state index contributed by atoms with van der Waals surface area (Å²) in [6.07, 6.45) is 0. The Morgan fingerprint density at radius 2 is 1.72 bits per heavy atom. The van der Waals surface area contributed by atoms with Crippen molar-refractivity contribution in [3.05, 3.63) is 64.7 Å². The van der Waals surface area contributed by atoms with Crippen LogP contribution < -0.4 is 5.32 Å². The summed E-state index contributed by atoms with van der Waals surface area (Å²) < 4.78 is 0. The maximum Gasteiger partial charge on any atom is 0.238 e. The molecule has 1 heterocycles. The van der Waals surface area contributed by atoms with Crippen LogP contribution >= 0.6 is 11.6 Å². The third-order valence-electron chi connectivity index (χ3n) is 4.55. The Kier molecular flexibility index (Phi) is 6.08. The molecule has 0 saturated carbocycles. The zero-order valence-corrected chi connectivity index (χ0v) is 15.3. The zero-order chi connectivity index (χ0) is 17.6. The number of benzene rings is 2. The number of carbonyl (C=O) groups excluding carboxylic acids is 1. The first kappa shape index (κ1) is 17.9. The van der Waals surface area contributed by atoms with Gasteiger partial charge in [-0.2, -0.15) is 0 Å². The molecule has 0 atom stereocenters. The van der Waals surface area contributed by atoms with Gasteiger partial charge < -0.3 is 5.32 Å². The number of halogens is 1. The minimum atomic E-state index is 0.0156. The maximum atomic E-state index is 12.3. The molecule has 5 heteroatoms. The smallest absolute Gasteiger partial charge is 0.238 e. The van der Waals surface area contributed by atoms with Crippen molar-refractivity contribution in [1.29, 1.82) is 0 Å². The van der Waals surface area contributed by atoms with Gasteiger partial charge in [-0.05, 0) is 30.2 Å². The van der Waals surface area contributed by atoms with E-state index in [9.17, 15) is 4.79 Å². The van der Waals surface area contributed by atoms with Crippen LogP contribution in [-0.4, -0.2) is 48.4 Å². The van der Waals surface area contributed by atoms with Gasteiger partial charge in [0.05, 0.1) is 6.54 Å². The van der Waals surface area contributed by atoms with Crippen molar-refractivity contribution < 1.29 is 4.79 Å². The van der Waals surface area contributed by atoms with Crippen molar-refractivity contribution in [2.75, 3.05) is 38.0 Å². The summed E-state index contributed by atoms with van der Waals surface area (Å²) in [4.78, 5) is 16.9. The van der Waals surface area contributed by atoms with Crippen molar-refractivity contribution in [3.8, 4) is 0 Å². The highest BCUT2D eigenvalue weighted by Crippen LogP contribution is 2.20. The largest absolute Gasteiger partial charge is 0.325 e. The number of hydrogen-bond acceptors (Lipinski definition) is 3. The van der Waals surface area contributed by atoms with Crippen molar-refractivity contribution in [2.24, 2.45) is 0 Å². The lowest BCUT2D eigenvalue weighted by molar-refractivity contribution is -0.117. The molecule has 1 fully saturated rings. The Hall–Kier alpha value is -1.88. The number of aryl methyl sites for hydroxylation is 1. The third kappa shape index (κ3) is 5.30. The lowest BCUT2D eigenvalue weighted by atomic mass is 10.2. The quantitative estimate of drug-likeness (QED) is 0.890. The number of piperazine rings is 1. The topological polar surface area (TPSA) is 35.6 Å². The van der Waals surface area contributed by atoms with Crippen molar-refractivity contribution in [1.82, 2.24) is 9.80 Å². The molecule has 3 rings (SSSR count). The molecule has 2 aromatic carbocycles. The predicted molar refractivity (Wildman–Crippen MR) is 103 cm³/mol. The molecule has 0 unspecified atom stereocenters. The van der Waals surface area contributed by atoms with Crippen LogP contribution in [0.2, 0.25) is 5.02 Å². The van der Waals surface area contributed by atoms with E-state index in [4.69, 9.17) is 11.6 Å². The molecule has 2 aromatic rings. The Morgan fingerprint density at radius 3 is 2.44 bits per heavy atom. The molecule has 1 amide bonds. The molecule has 0 aliphatic carbocycles. The Labute approximate surface area is 154 Å². The minimum absolute atomic E-state index is 0.0156. The number of anilines is 1. The van der Waals surface area contributed by atoms with Gasteiger partial charge in [-0.3, -0.25) is 14.6 Å². The van der Waals surface area contributed by atoms with Gasteiger partial charge >= 0.3 is 0 Å². The molecule has 25 heavy (non-hydrogen) atoms. The van der Waals surface area contributed by atoms with Gasteiger partial charge in [-0.25, -0.2) is 0 Å². The van der Waals surface area contributed by atoms with E-state index in [-0.39, 0.29) is 5.91 Å². The van der Waals surface area contributed by atoms with E-state index in [2.05, 4.69) is 39.4 Å². The maximum absolute atomic E-state index is 12.3. The first-order valence-corrected chi connectivity index (χ1v) is 9.02. The van der Waals surface area contributed by atoms with E-state index in [1.54, 1.807) is 6.07 Å². The summed E-state index contributed by atoms with van der Waals surface area (Å²) in [5.41, 5.74) is 3.15. The van der Waals surface area contributed by atoms with Crippen LogP contribution in [0.15, 0.2) is 48.5 Å². The summed E-state index contributed by atoms with van der Waals surface area (Å²) in [6.45, 7) is 7.16. The molecule has 0 spiro atoms. The second kappa shape index (κ2) is 8.48. The fraction of sp³-hybridized carbons (Fsp3) is 0.350. The van der Waals surface area contributed by atoms with Gasteiger partial charge in [0.2, 0.25) is 5.91 Å². The van der Waals surface area contributed by atoms with Crippen molar-refractivity contribution in [3.63, 3.8) is 0 Å². The number of nitrogens with zero attached hydrogens (tertiary/aromatic N) is 2. The molecule has 1 aliphatic heterocycles. The Bertz CT molecular complexity index is 712. The number of rotatable bonds is 5. The monoisotopic (exact) mass is 357 g/mol. The lowest BCUT2D eigenvalue weighted by Gasteiger charge is -2.34. The molecule has 0 radical (unpaired) electrons. The summed E-state index contributed by atoms with van der Waals surface area (Å²) in [5.74, 6) is 0.0156. The number of hydrogen-bond donors (Lipinski definition) is 1. The molecular weight excluding hydrogens is 334 g/mol. The highest BCUT2D eigenvalue weighted by atomic mass is 35.5. The number of nitrogens with one attached hydrogen (secondary N) is 1. The second-order valence-electron chi connectivity index (χ2n) is 6.55. The first-order valence-electron chi connectivity index (χ1n) is 8.65. The van der Waals surface area contributed by atoms with Crippen LogP contribution in [0, 0.1) is 6.92 Å². The van der Waals surface area contributed by atoms with Gasteiger partial charge in [-0.1, -0.05) is 48.0 Å². The number of amides is 1. The zero-order valence-electron chi connectivity index (χ0n) is 14.5. The Morgan fingerprint density at radius 1 is 1.04 bits per heavy atom. The molecule has 0 aromatic heterocycles. The average molecular weight is 358 g/mol. The van der Waals surface area contributed by atoms with Crippen molar-refractivity contribution >= 4 is 23.2 Å². The normalized spacial score (nSPS) is 15.9. The van der Waals surface area contributed by atoms with Gasteiger partial charge in [-0.15, -0.1) is 0 Å². The molecule has 0 bridgehead atoms. The number of carbonyl (C=O) groups is 1. The molecule has 1 aliphatic rings.